The number of fused-ring (bicyclic) bond motifs is 3. The fraction of sp³-hybridized carbons (Fsp3) is 0.111. The highest BCUT2D eigenvalue weighted by molar-refractivity contribution is 5.81. The second-order valence-corrected chi connectivity index (χ2v) is 7.68. The number of hydrogen-bond acceptors (Lipinski definition) is 1. The Kier molecular flexibility index (Phi) is 4.02. The predicted octanol–water partition coefficient (Wildman–Crippen LogP) is 7.29. The first-order valence-corrected chi connectivity index (χ1v) is 9.84. The minimum atomic E-state index is 1.04. The molecule has 0 saturated heterocycles. The Bertz CT molecular complexity index is 1190. The third kappa shape index (κ3) is 2.90. The highest BCUT2D eigenvalue weighted by atomic mass is 14.9. The molecule has 0 aliphatic heterocycles. The smallest absolute Gasteiger partial charge is 0.0390 e. The molecule has 1 heteroatoms. The second-order valence-electron chi connectivity index (χ2n) is 7.68. The molecule has 0 amide bonds. The molecule has 4 aromatic rings. The Hall–Kier alpha value is -3.32. The van der Waals surface area contributed by atoms with Crippen LogP contribution in [0.4, 0.5) is 11.4 Å². The highest BCUT2D eigenvalue weighted by Crippen LogP contribution is 2.38. The normalized spacial score (nSPS) is 11.8. The zero-order chi connectivity index (χ0) is 19.1. The van der Waals surface area contributed by atoms with Gasteiger partial charge in [-0.15, -0.1) is 0 Å². The van der Waals surface area contributed by atoms with Crippen molar-refractivity contribution in [2.75, 3.05) is 5.32 Å². The van der Waals surface area contributed by atoms with E-state index in [1.165, 1.54) is 44.5 Å². The largest absolute Gasteiger partial charge is 0.355 e. The third-order valence-corrected chi connectivity index (χ3v) is 5.76. The molecule has 4 aromatic carbocycles. The molecule has 0 atom stereocenters. The Morgan fingerprint density at radius 3 is 1.96 bits per heavy atom. The first-order valence-electron chi connectivity index (χ1n) is 9.84. The van der Waals surface area contributed by atoms with E-state index in [0.717, 1.165) is 17.8 Å². The van der Waals surface area contributed by atoms with Crippen LogP contribution < -0.4 is 5.32 Å². The van der Waals surface area contributed by atoms with Crippen LogP contribution in [0.2, 0.25) is 0 Å². The minimum absolute atomic E-state index is 1.04. The van der Waals surface area contributed by atoms with Crippen LogP contribution in [0, 0.1) is 13.8 Å². The summed E-state index contributed by atoms with van der Waals surface area (Å²) in [4.78, 5) is 0. The van der Waals surface area contributed by atoms with Crippen molar-refractivity contribution >= 4 is 11.4 Å². The van der Waals surface area contributed by atoms with Crippen LogP contribution in [0.3, 0.4) is 0 Å². The zero-order valence-electron chi connectivity index (χ0n) is 16.3. The van der Waals surface area contributed by atoms with E-state index in [1.807, 2.05) is 0 Å². The monoisotopic (exact) mass is 361 g/mol. The van der Waals surface area contributed by atoms with Crippen LogP contribution in [-0.2, 0) is 6.42 Å². The summed E-state index contributed by atoms with van der Waals surface area (Å²) in [5.41, 5.74) is 13.0. The van der Waals surface area contributed by atoms with Gasteiger partial charge in [0, 0.05) is 11.4 Å². The van der Waals surface area contributed by atoms with E-state index in [4.69, 9.17) is 0 Å². The van der Waals surface area contributed by atoms with Crippen molar-refractivity contribution in [2.24, 2.45) is 0 Å². The van der Waals surface area contributed by atoms with Gasteiger partial charge in [0.25, 0.3) is 0 Å². The van der Waals surface area contributed by atoms with Crippen molar-refractivity contribution in [1.82, 2.24) is 0 Å². The first kappa shape index (κ1) is 16.8. The van der Waals surface area contributed by atoms with Crippen LogP contribution >= 0.6 is 0 Å². The van der Waals surface area contributed by atoms with Gasteiger partial charge in [0.2, 0.25) is 0 Å². The average molecular weight is 361 g/mol. The van der Waals surface area contributed by atoms with E-state index >= 15 is 0 Å². The molecule has 0 heterocycles. The Balaban J connectivity index is 1.50. The average Bonchev–Trinajstić information content (AvgIpc) is 3.08. The standard InChI is InChI=1S/C27H23N/c1-18-7-3-5-9-24(18)26-16-22(13-11-19(26)2)28-23-14-12-21-15-20-8-4-6-10-25(20)27(21)17-23/h3-14,16-17,28H,15H2,1-2H3. The molecule has 1 aliphatic carbocycles. The van der Waals surface area contributed by atoms with Gasteiger partial charge in [0.15, 0.2) is 0 Å². The van der Waals surface area contributed by atoms with Crippen LogP contribution in [-0.4, -0.2) is 0 Å². The molecule has 136 valence electrons. The number of anilines is 2. The zero-order valence-corrected chi connectivity index (χ0v) is 16.3. The molecule has 1 aliphatic rings. The molecule has 0 saturated carbocycles. The Labute approximate surface area is 166 Å². The number of hydrogen-bond donors (Lipinski definition) is 1. The minimum Gasteiger partial charge on any atom is -0.355 e. The van der Waals surface area contributed by atoms with E-state index in [1.54, 1.807) is 0 Å². The summed E-state index contributed by atoms with van der Waals surface area (Å²) < 4.78 is 0. The summed E-state index contributed by atoms with van der Waals surface area (Å²) in [6, 6.07) is 30.7. The third-order valence-electron chi connectivity index (χ3n) is 5.76. The van der Waals surface area contributed by atoms with Crippen molar-refractivity contribution < 1.29 is 0 Å². The Morgan fingerprint density at radius 2 is 1.14 bits per heavy atom. The van der Waals surface area contributed by atoms with Crippen molar-refractivity contribution in [2.45, 2.75) is 20.3 Å². The van der Waals surface area contributed by atoms with Gasteiger partial charge in [0.1, 0.15) is 0 Å². The molecule has 0 bridgehead atoms. The summed E-state index contributed by atoms with van der Waals surface area (Å²) in [6.45, 7) is 4.35. The van der Waals surface area contributed by atoms with E-state index in [2.05, 4.69) is 104 Å². The maximum absolute atomic E-state index is 3.62. The molecule has 0 radical (unpaired) electrons. The number of benzene rings is 4. The van der Waals surface area contributed by atoms with Gasteiger partial charge in [-0.3, -0.25) is 0 Å². The van der Waals surface area contributed by atoms with E-state index in [-0.39, 0.29) is 0 Å². The topological polar surface area (TPSA) is 12.0 Å². The summed E-state index contributed by atoms with van der Waals surface area (Å²) in [5.74, 6) is 0. The highest BCUT2D eigenvalue weighted by Gasteiger charge is 2.18. The Morgan fingerprint density at radius 1 is 0.536 bits per heavy atom. The molecule has 0 fully saturated rings. The molecule has 1 nitrogen and oxygen atoms in total. The lowest BCUT2D eigenvalue weighted by molar-refractivity contribution is 1.26. The van der Waals surface area contributed by atoms with E-state index in [0.29, 0.717) is 0 Å². The van der Waals surface area contributed by atoms with Gasteiger partial charge >= 0.3 is 0 Å². The van der Waals surface area contributed by atoms with Crippen molar-refractivity contribution in [1.29, 1.82) is 0 Å². The second kappa shape index (κ2) is 6.69. The molecule has 5 rings (SSSR count). The lowest BCUT2D eigenvalue weighted by Crippen LogP contribution is -1.94. The van der Waals surface area contributed by atoms with Crippen LogP contribution in [0.15, 0.2) is 84.9 Å². The molecule has 0 spiro atoms. The number of rotatable bonds is 3. The quantitative estimate of drug-likeness (QED) is 0.356. The van der Waals surface area contributed by atoms with Crippen molar-refractivity contribution in [3.63, 3.8) is 0 Å². The van der Waals surface area contributed by atoms with E-state index < -0.39 is 0 Å². The van der Waals surface area contributed by atoms with Gasteiger partial charge < -0.3 is 5.32 Å². The van der Waals surface area contributed by atoms with E-state index in [9.17, 15) is 0 Å². The summed E-state index contributed by atoms with van der Waals surface area (Å²) in [5, 5.41) is 3.62. The van der Waals surface area contributed by atoms with Gasteiger partial charge in [0.05, 0.1) is 0 Å². The van der Waals surface area contributed by atoms with Crippen molar-refractivity contribution in [3.05, 3.63) is 107 Å². The molecular weight excluding hydrogens is 338 g/mol. The van der Waals surface area contributed by atoms with Crippen LogP contribution in [0.25, 0.3) is 22.3 Å². The van der Waals surface area contributed by atoms with Gasteiger partial charge in [-0.25, -0.2) is 0 Å². The van der Waals surface area contributed by atoms with Crippen molar-refractivity contribution in [3.8, 4) is 22.3 Å². The summed E-state index contributed by atoms with van der Waals surface area (Å²) >= 11 is 0. The first-order chi connectivity index (χ1) is 13.7. The lowest BCUT2D eigenvalue weighted by Gasteiger charge is -2.14. The molecule has 28 heavy (non-hydrogen) atoms. The fourth-order valence-electron chi connectivity index (χ4n) is 4.23. The molecule has 1 N–H and O–H groups in total. The summed E-state index contributed by atoms with van der Waals surface area (Å²) in [6.07, 6.45) is 1.04. The fourth-order valence-corrected chi connectivity index (χ4v) is 4.23. The SMILES string of the molecule is Cc1ccccc1-c1cc(Nc2ccc3c(c2)-c2ccccc2C3)ccc1C. The maximum atomic E-state index is 3.62. The summed E-state index contributed by atoms with van der Waals surface area (Å²) in [7, 11) is 0. The number of nitrogens with one attached hydrogen (secondary N) is 1. The van der Waals surface area contributed by atoms with Crippen LogP contribution in [0.1, 0.15) is 22.3 Å². The lowest BCUT2D eigenvalue weighted by atomic mass is 9.96. The molecular formula is C27H23N. The predicted molar refractivity (Wildman–Crippen MR) is 119 cm³/mol. The van der Waals surface area contributed by atoms with Gasteiger partial charge in [-0.2, -0.15) is 0 Å². The maximum Gasteiger partial charge on any atom is 0.0390 e. The van der Waals surface area contributed by atoms with Gasteiger partial charge in [-0.05, 0) is 89.0 Å². The van der Waals surface area contributed by atoms with Gasteiger partial charge in [-0.1, -0.05) is 60.7 Å². The molecule has 0 aromatic heterocycles. The number of aryl methyl sites for hydroxylation is 2. The van der Waals surface area contributed by atoms with Crippen LogP contribution in [0.5, 0.6) is 0 Å². The molecule has 0 unspecified atom stereocenters.